The molecular formula is C18H21N5O3S. The monoisotopic (exact) mass is 387 g/mol. The topological polar surface area (TPSA) is 82.2 Å². The first-order valence-corrected chi connectivity index (χ1v) is 10.1. The van der Waals surface area contributed by atoms with Crippen molar-refractivity contribution in [3.05, 3.63) is 66.2 Å². The van der Waals surface area contributed by atoms with Crippen LogP contribution in [0.1, 0.15) is 17.2 Å². The number of aryl methyl sites for hydroxylation is 1. The van der Waals surface area contributed by atoms with E-state index in [1.807, 2.05) is 43.6 Å². The van der Waals surface area contributed by atoms with Gasteiger partial charge in [-0.25, -0.2) is 8.42 Å². The maximum atomic E-state index is 13.0. The highest BCUT2D eigenvalue weighted by molar-refractivity contribution is 7.89. The average Bonchev–Trinajstić information content (AvgIpc) is 3.32. The normalized spacial score (nSPS) is 18.6. The van der Waals surface area contributed by atoms with E-state index in [1.54, 1.807) is 21.8 Å². The molecule has 27 heavy (non-hydrogen) atoms. The van der Waals surface area contributed by atoms with Gasteiger partial charge in [0.2, 0.25) is 10.0 Å². The predicted molar refractivity (Wildman–Crippen MR) is 98.4 cm³/mol. The molecule has 3 heterocycles. The molecule has 0 unspecified atom stereocenters. The van der Waals surface area contributed by atoms with Crippen LogP contribution in [0.3, 0.4) is 0 Å². The molecule has 142 valence electrons. The van der Waals surface area contributed by atoms with Crippen LogP contribution < -0.4 is 0 Å². The Labute approximate surface area is 158 Å². The van der Waals surface area contributed by atoms with Crippen molar-refractivity contribution >= 4 is 10.0 Å². The van der Waals surface area contributed by atoms with Crippen molar-refractivity contribution in [2.75, 3.05) is 19.7 Å². The van der Waals surface area contributed by atoms with Crippen LogP contribution in [0.2, 0.25) is 0 Å². The van der Waals surface area contributed by atoms with Crippen LogP contribution in [0.4, 0.5) is 0 Å². The largest absolute Gasteiger partial charge is 0.371 e. The average molecular weight is 387 g/mol. The fraction of sp³-hybridized carbons (Fsp3) is 0.333. The van der Waals surface area contributed by atoms with Crippen LogP contribution in [-0.4, -0.2) is 52.0 Å². The zero-order valence-corrected chi connectivity index (χ0v) is 15.8. The molecule has 8 nitrogen and oxygen atoms in total. The lowest BCUT2D eigenvalue weighted by molar-refractivity contribution is -0.00259. The maximum absolute atomic E-state index is 13.0. The van der Waals surface area contributed by atoms with Crippen LogP contribution in [0.25, 0.3) is 0 Å². The molecule has 1 aliphatic heterocycles. The molecule has 1 saturated heterocycles. The van der Waals surface area contributed by atoms with Crippen molar-refractivity contribution in [3.63, 3.8) is 0 Å². The zero-order chi connectivity index (χ0) is 18.9. The lowest BCUT2D eigenvalue weighted by Crippen LogP contribution is -2.42. The highest BCUT2D eigenvalue weighted by Crippen LogP contribution is 2.26. The Morgan fingerprint density at radius 2 is 1.96 bits per heavy atom. The Balaban J connectivity index is 1.51. The summed E-state index contributed by atoms with van der Waals surface area (Å²) in [6, 6.07) is 9.80. The minimum absolute atomic E-state index is 0.199. The molecule has 1 fully saturated rings. The summed E-state index contributed by atoms with van der Waals surface area (Å²) >= 11 is 0. The molecule has 1 aromatic carbocycles. The van der Waals surface area contributed by atoms with Crippen molar-refractivity contribution in [2.24, 2.45) is 7.05 Å². The van der Waals surface area contributed by atoms with E-state index in [2.05, 4.69) is 10.2 Å². The van der Waals surface area contributed by atoms with Gasteiger partial charge >= 0.3 is 0 Å². The summed E-state index contributed by atoms with van der Waals surface area (Å²) in [5.41, 5.74) is 1.93. The van der Waals surface area contributed by atoms with E-state index in [0.717, 1.165) is 11.1 Å². The Hall–Kier alpha value is -2.49. The number of ether oxygens (including phenoxy) is 1. The molecule has 0 amide bonds. The van der Waals surface area contributed by atoms with Gasteiger partial charge in [0.1, 0.15) is 4.90 Å². The van der Waals surface area contributed by atoms with E-state index >= 15 is 0 Å². The standard InChI is InChI=1S/C18H21N5O3S/c1-21-12-16(9-19-21)18-14-23(7-8-26-18)27(24,25)17-10-20-22(13-17)11-15-5-3-2-4-6-15/h2-6,9-10,12-13,18H,7-8,11,14H2,1H3/t18-/m0/s1. The summed E-state index contributed by atoms with van der Waals surface area (Å²) in [6.07, 6.45) is 6.22. The summed E-state index contributed by atoms with van der Waals surface area (Å²) in [6.45, 7) is 1.45. The molecule has 9 heteroatoms. The molecule has 2 aromatic heterocycles. The number of benzene rings is 1. The molecule has 0 bridgehead atoms. The minimum atomic E-state index is -3.62. The van der Waals surface area contributed by atoms with E-state index in [4.69, 9.17) is 4.74 Å². The first-order valence-electron chi connectivity index (χ1n) is 8.69. The van der Waals surface area contributed by atoms with E-state index in [-0.39, 0.29) is 17.5 Å². The van der Waals surface area contributed by atoms with Gasteiger partial charge in [-0.1, -0.05) is 30.3 Å². The minimum Gasteiger partial charge on any atom is -0.371 e. The van der Waals surface area contributed by atoms with Crippen molar-refractivity contribution < 1.29 is 13.2 Å². The molecule has 0 saturated carbocycles. The summed E-state index contributed by atoms with van der Waals surface area (Å²) in [5.74, 6) is 0. The van der Waals surface area contributed by atoms with Crippen LogP contribution in [0.5, 0.6) is 0 Å². The molecule has 4 rings (SSSR count). The quantitative estimate of drug-likeness (QED) is 0.661. The summed E-state index contributed by atoms with van der Waals surface area (Å²) < 4.78 is 36.6. The smallest absolute Gasteiger partial charge is 0.246 e. The van der Waals surface area contributed by atoms with Crippen molar-refractivity contribution in [2.45, 2.75) is 17.5 Å². The van der Waals surface area contributed by atoms with Crippen LogP contribution in [0.15, 0.2) is 60.0 Å². The van der Waals surface area contributed by atoms with Gasteiger partial charge in [0.05, 0.1) is 31.6 Å². The first kappa shape index (κ1) is 17.9. The molecule has 3 aromatic rings. The van der Waals surface area contributed by atoms with E-state index in [1.165, 1.54) is 10.5 Å². The van der Waals surface area contributed by atoms with E-state index in [0.29, 0.717) is 19.7 Å². The summed E-state index contributed by atoms with van der Waals surface area (Å²) in [4.78, 5) is 0.199. The third-order valence-corrected chi connectivity index (χ3v) is 6.38. The SMILES string of the molecule is Cn1cc([C@@H]2CN(S(=O)(=O)c3cnn(Cc4ccccc4)c3)CCO2)cn1. The summed E-state index contributed by atoms with van der Waals surface area (Å²) in [7, 11) is -1.80. The number of sulfonamides is 1. The number of aromatic nitrogens is 4. The lowest BCUT2D eigenvalue weighted by Gasteiger charge is -2.31. The van der Waals surface area contributed by atoms with Crippen LogP contribution in [-0.2, 0) is 28.4 Å². The van der Waals surface area contributed by atoms with E-state index in [9.17, 15) is 8.42 Å². The number of rotatable bonds is 5. The van der Waals surface area contributed by atoms with Gasteiger partial charge in [0.15, 0.2) is 0 Å². The predicted octanol–water partition coefficient (Wildman–Crippen LogP) is 1.43. The Kier molecular flexibility index (Phi) is 4.81. The fourth-order valence-electron chi connectivity index (χ4n) is 3.14. The van der Waals surface area contributed by atoms with Gasteiger partial charge in [-0.3, -0.25) is 9.36 Å². The molecular weight excluding hydrogens is 366 g/mol. The van der Waals surface area contributed by atoms with Gasteiger partial charge in [-0.2, -0.15) is 14.5 Å². The zero-order valence-electron chi connectivity index (χ0n) is 15.0. The highest BCUT2D eigenvalue weighted by atomic mass is 32.2. The van der Waals surface area contributed by atoms with Crippen molar-refractivity contribution in [1.82, 2.24) is 23.9 Å². The van der Waals surface area contributed by atoms with Crippen LogP contribution in [0, 0.1) is 0 Å². The number of hydrogen-bond acceptors (Lipinski definition) is 5. The number of hydrogen-bond donors (Lipinski definition) is 0. The van der Waals surface area contributed by atoms with E-state index < -0.39 is 10.0 Å². The van der Waals surface area contributed by atoms with Gasteiger partial charge in [0, 0.05) is 38.1 Å². The van der Waals surface area contributed by atoms with Gasteiger partial charge < -0.3 is 4.74 Å². The Morgan fingerprint density at radius 1 is 1.15 bits per heavy atom. The summed E-state index contributed by atoms with van der Waals surface area (Å²) in [5, 5.41) is 8.36. The van der Waals surface area contributed by atoms with Crippen LogP contribution >= 0.6 is 0 Å². The second-order valence-corrected chi connectivity index (χ2v) is 8.47. The molecule has 1 aliphatic rings. The van der Waals surface area contributed by atoms with Gasteiger partial charge in [-0.15, -0.1) is 0 Å². The number of morpholine rings is 1. The molecule has 0 spiro atoms. The maximum Gasteiger partial charge on any atom is 0.246 e. The fourth-order valence-corrected chi connectivity index (χ4v) is 4.52. The van der Waals surface area contributed by atoms with Gasteiger partial charge in [0.25, 0.3) is 0 Å². The molecule has 0 radical (unpaired) electrons. The Morgan fingerprint density at radius 3 is 2.70 bits per heavy atom. The highest BCUT2D eigenvalue weighted by Gasteiger charge is 2.32. The molecule has 0 aliphatic carbocycles. The Bertz CT molecular complexity index is 1010. The molecule has 1 atom stereocenters. The molecule has 0 N–H and O–H groups in total. The first-order chi connectivity index (χ1) is 13.0. The lowest BCUT2D eigenvalue weighted by atomic mass is 10.2. The second kappa shape index (κ2) is 7.26. The third kappa shape index (κ3) is 3.80. The third-order valence-electron chi connectivity index (χ3n) is 4.56. The van der Waals surface area contributed by atoms with Crippen molar-refractivity contribution in [1.29, 1.82) is 0 Å². The van der Waals surface area contributed by atoms with Gasteiger partial charge in [-0.05, 0) is 5.56 Å². The van der Waals surface area contributed by atoms with Crippen molar-refractivity contribution in [3.8, 4) is 0 Å². The second-order valence-electron chi connectivity index (χ2n) is 6.53. The number of nitrogens with zero attached hydrogens (tertiary/aromatic N) is 5.